The Bertz CT molecular complexity index is 217. The molecule has 14 heavy (non-hydrogen) atoms. The lowest BCUT2D eigenvalue weighted by Gasteiger charge is -2.32. The van der Waals surface area contributed by atoms with Gasteiger partial charge in [-0.15, -0.1) is 0 Å². The topological polar surface area (TPSA) is 61.8 Å². The lowest BCUT2D eigenvalue weighted by Crippen LogP contribution is -2.48. The molecule has 4 nitrogen and oxygen atoms in total. The van der Waals surface area contributed by atoms with Gasteiger partial charge >= 0.3 is 0 Å². The van der Waals surface area contributed by atoms with E-state index in [0.717, 1.165) is 6.42 Å². The molecule has 1 fully saturated rings. The monoisotopic (exact) mass is 199 g/mol. The number of oxime groups is 1. The Morgan fingerprint density at radius 3 is 2.79 bits per heavy atom. The molecular weight excluding hydrogens is 178 g/mol. The molecule has 1 saturated heterocycles. The van der Waals surface area contributed by atoms with E-state index in [1.54, 1.807) is 0 Å². The van der Waals surface area contributed by atoms with Crippen molar-refractivity contribution in [3.8, 4) is 0 Å². The summed E-state index contributed by atoms with van der Waals surface area (Å²) in [5.41, 5.74) is 5.63. The van der Waals surface area contributed by atoms with Crippen molar-refractivity contribution in [2.75, 3.05) is 0 Å². The molecular formula is C10H21N3O. The smallest absolute Gasteiger partial charge is 0.156 e. The molecule has 1 aliphatic heterocycles. The molecule has 1 aliphatic rings. The number of nitrogens with two attached hydrogens (primary N) is 1. The van der Waals surface area contributed by atoms with Gasteiger partial charge in [0.05, 0.1) is 6.04 Å². The highest BCUT2D eigenvalue weighted by Gasteiger charge is 2.34. The van der Waals surface area contributed by atoms with Crippen molar-refractivity contribution in [3.63, 3.8) is 0 Å². The molecule has 0 spiro atoms. The van der Waals surface area contributed by atoms with Crippen molar-refractivity contribution >= 4 is 5.84 Å². The summed E-state index contributed by atoms with van der Waals surface area (Å²) < 4.78 is 0. The lowest BCUT2D eigenvalue weighted by molar-refractivity contribution is 0.175. The third kappa shape index (κ3) is 2.00. The Kier molecular flexibility index (Phi) is 3.75. The molecule has 4 heteroatoms. The quantitative estimate of drug-likeness (QED) is 0.312. The van der Waals surface area contributed by atoms with Crippen LogP contribution in [0.5, 0.6) is 0 Å². The molecule has 0 radical (unpaired) electrons. The highest BCUT2D eigenvalue weighted by Crippen LogP contribution is 2.28. The van der Waals surface area contributed by atoms with Crippen LogP contribution in [0.2, 0.25) is 0 Å². The van der Waals surface area contributed by atoms with E-state index in [2.05, 4.69) is 23.9 Å². The summed E-state index contributed by atoms with van der Waals surface area (Å²) in [5, 5.41) is 11.7. The van der Waals surface area contributed by atoms with Gasteiger partial charge in [-0.05, 0) is 33.1 Å². The van der Waals surface area contributed by atoms with Crippen LogP contribution >= 0.6 is 0 Å². The fraction of sp³-hybridized carbons (Fsp3) is 0.900. The van der Waals surface area contributed by atoms with Crippen LogP contribution < -0.4 is 5.73 Å². The number of hydrogen-bond acceptors (Lipinski definition) is 3. The zero-order valence-electron chi connectivity index (χ0n) is 9.27. The zero-order chi connectivity index (χ0) is 10.7. The summed E-state index contributed by atoms with van der Waals surface area (Å²) in [4.78, 5) is 2.36. The molecule has 0 bridgehead atoms. The van der Waals surface area contributed by atoms with E-state index >= 15 is 0 Å². The number of rotatable bonds is 3. The fourth-order valence-electron chi connectivity index (χ4n) is 2.44. The molecule has 1 heterocycles. The van der Waals surface area contributed by atoms with Crippen molar-refractivity contribution in [1.82, 2.24) is 4.90 Å². The molecule has 0 aliphatic carbocycles. The average Bonchev–Trinajstić information content (AvgIpc) is 2.57. The highest BCUT2D eigenvalue weighted by atomic mass is 16.4. The minimum Gasteiger partial charge on any atom is -0.409 e. The minimum absolute atomic E-state index is 0.0439. The van der Waals surface area contributed by atoms with Crippen LogP contribution in [-0.2, 0) is 0 Å². The molecule has 0 amide bonds. The molecule has 82 valence electrons. The first-order chi connectivity index (χ1) is 6.61. The van der Waals surface area contributed by atoms with Crippen molar-refractivity contribution in [3.05, 3.63) is 0 Å². The van der Waals surface area contributed by atoms with Crippen LogP contribution in [0.4, 0.5) is 0 Å². The number of likely N-dealkylation sites (tertiary alicyclic amines) is 1. The van der Waals surface area contributed by atoms with E-state index in [0.29, 0.717) is 17.9 Å². The summed E-state index contributed by atoms with van der Waals surface area (Å²) in [6, 6.07) is 1.16. The second-order valence-electron chi connectivity index (χ2n) is 4.14. The zero-order valence-corrected chi connectivity index (χ0v) is 9.27. The van der Waals surface area contributed by atoms with Crippen molar-refractivity contribution in [2.24, 2.45) is 10.9 Å². The van der Waals surface area contributed by atoms with Gasteiger partial charge < -0.3 is 10.9 Å². The predicted octanol–water partition coefficient (Wildman–Crippen LogP) is 1.38. The summed E-state index contributed by atoms with van der Waals surface area (Å²) >= 11 is 0. The predicted molar refractivity (Wildman–Crippen MR) is 57.5 cm³/mol. The van der Waals surface area contributed by atoms with Crippen LogP contribution in [0.1, 0.15) is 40.0 Å². The summed E-state index contributed by atoms with van der Waals surface area (Å²) in [6.07, 6.45) is 3.57. The lowest BCUT2D eigenvalue weighted by atomic mass is 10.1. The van der Waals surface area contributed by atoms with E-state index < -0.39 is 0 Å². The first-order valence-corrected chi connectivity index (χ1v) is 5.36. The maximum atomic E-state index is 8.65. The summed E-state index contributed by atoms with van der Waals surface area (Å²) in [6.45, 7) is 6.39. The van der Waals surface area contributed by atoms with Crippen LogP contribution in [-0.4, -0.2) is 34.1 Å². The van der Waals surface area contributed by atoms with Gasteiger partial charge in [0.15, 0.2) is 5.84 Å². The maximum Gasteiger partial charge on any atom is 0.156 e. The van der Waals surface area contributed by atoms with Crippen molar-refractivity contribution in [1.29, 1.82) is 0 Å². The molecule has 0 saturated carbocycles. The molecule has 3 N–H and O–H groups in total. The van der Waals surface area contributed by atoms with Crippen molar-refractivity contribution < 1.29 is 5.21 Å². The molecule has 0 aromatic heterocycles. The molecule has 3 unspecified atom stereocenters. The Balaban J connectivity index is 2.73. The Labute approximate surface area is 85.8 Å². The van der Waals surface area contributed by atoms with Gasteiger partial charge in [0.2, 0.25) is 0 Å². The van der Waals surface area contributed by atoms with E-state index in [1.807, 2.05) is 6.92 Å². The van der Waals surface area contributed by atoms with Crippen LogP contribution in [0.25, 0.3) is 0 Å². The van der Waals surface area contributed by atoms with Gasteiger partial charge in [-0.3, -0.25) is 4.90 Å². The molecule has 3 atom stereocenters. The van der Waals surface area contributed by atoms with Crippen LogP contribution in [0, 0.1) is 0 Å². The molecule has 0 aromatic carbocycles. The maximum absolute atomic E-state index is 8.65. The summed E-state index contributed by atoms with van der Waals surface area (Å²) in [7, 11) is 0. The standard InChI is InChI=1S/C10H21N3O/c1-4-9-6-5-7(2)13(9)8(3)10(11)12-14/h7-9,14H,4-6H2,1-3H3,(H2,11,12). The Hall–Kier alpha value is -0.770. The number of amidine groups is 1. The number of hydrogen-bond donors (Lipinski definition) is 2. The minimum atomic E-state index is 0.0439. The SMILES string of the molecule is CCC1CCC(C)N1C(C)C(N)=NO. The van der Waals surface area contributed by atoms with E-state index in [4.69, 9.17) is 10.9 Å². The van der Waals surface area contributed by atoms with E-state index in [1.165, 1.54) is 12.8 Å². The first kappa shape index (κ1) is 11.3. The third-order valence-electron chi connectivity index (χ3n) is 3.31. The second kappa shape index (κ2) is 4.64. The van der Waals surface area contributed by atoms with E-state index in [9.17, 15) is 0 Å². The first-order valence-electron chi connectivity index (χ1n) is 5.36. The summed E-state index contributed by atoms with van der Waals surface area (Å²) in [5.74, 6) is 0.317. The molecule has 0 aromatic rings. The van der Waals surface area contributed by atoms with Crippen molar-refractivity contribution in [2.45, 2.75) is 58.2 Å². The van der Waals surface area contributed by atoms with Gasteiger partial charge in [0, 0.05) is 12.1 Å². The third-order valence-corrected chi connectivity index (χ3v) is 3.31. The van der Waals surface area contributed by atoms with Crippen LogP contribution in [0.15, 0.2) is 5.16 Å². The van der Waals surface area contributed by atoms with Gasteiger partial charge in [0.1, 0.15) is 0 Å². The Morgan fingerprint density at radius 1 is 1.64 bits per heavy atom. The van der Waals surface area contributed by atoms with Crippen LogP contribution in [0.3, 0.4) is 0 Å². The second-order valence-corrected chi connectivity index (χ2v) is 4.14. The largest absolute Gasteiger partial charge is 0.409 e. The van der Waals surface area contributed by atoms with Gasteiger partial charge in [-0.25, -0.2) is 0 Å². The van der Waals surface area contributed by atoms with E-state index in [-0.39, 0.29) is 6.04 Å². The highest BCUT2D eigenvalue weighted by molar-refractivity contribution is 5.84. The van der Waals surface area contributed by atoms with Gasteiger partial charge in [0.25, 0.3) is 0 Å². The Morgan fingerprint density at radius 2 is 2.29 bits per heavy atom. The van der Waals surface area contributed by atoms with Gasteiger partial charge in [-0.1, -0.05) is 12.1 Å². The molecule has 1 rings (SSSR count). The normalized spacial score (nSPS) is 32.1. The number of nitrogens with zero attached hydrogens (tertiary/aromatic N) is 2. The fourth-order valence-corrected chi connectivity index (χ4v) is 2.44. The van der Waals surface area contributed by atoms with Gasteiger partial charge in [-0.2, -0.15) is 0 Å². The average molecular weight is 199 g/mol.